The fourth-order valence-corrected chi connectivity index (χ4v) is 3.57. The molecule has 0 spiro atoms. The molecular weight excluding hydrogens is 487 g/mol. The van der Waals surface area contributed by atoms with Gasteiger partial charge in [0.05, 0.1) is 0 Å². The average Bonchev–Trinajstić information content (AvgIpc) is 3.11. The van der Waals surface area contributed by atoms with Crippen LogP contribution >= 0.6 is 40.7 Å². The number of fused-ring (bicyclic) bond motifs is 1. The summed E-state index contributed by atoms with van der Waals surface area (Å²) in [6.45, 7) is 3.03. The first-order chi connectivity index (χ1) is 13.5. The second kappa shape index (κ2) is 13.0. The van der Waals surface area contributed by atoms with Crippen LogP contribution in [0.2, 0.25) is 0 Å². The Kier molecular flexibility index (Phi) is 11.4. The van der Waals surface area contributed by atoms with Crippen LogP contribution in [0.4, 0.5) is 0 Å². The Morgan fingerprint density at radius 2 is 1.77 bits per heavy atom. The molecule has 0 unspecified atom stereocenters. The van der Waals surface area contributed by atoms with Gasteiger partial charge < -0.3 is 20.9 Å². The minimum atomic E-state index is -0.0688. The van der Waals surface area contributed by atoms with E-state index in [1.54, 1.807) is 0 Å². The number of likely N-dealkylation sites (N-methyl/N-ethyl adjacent to an activating group) is 1. The van der Waals surface area contributed by atoms with Crippen molar-refractivity contribution >= 4 is 57.6 Å². The standard InChI is InChI=1S/C22H27BrN4O.2ClH/c1-27(11-2-3-16-4-6-17(15-24)7-5-16)12-10-25-22(28)21-14-18-13-19(23)8-9-20(18)26-21;;/h4-9,13-14,26H,2-3,10-12,15,24H2,1H3,(H,25,28);2*1H. The summed E-state index contributed by atoms with van der Waals surface area (Å²) in [5, 5.41) is 4.01. The Labute approximate surface area is 198 Å². The van der Waals surface area contributed by atoms with Gasteiger partial charge in [-0.25, -0.2) is 0 Å². The first-order valence-corrected chi connectivity index (χ1v) is 10.4. The number of aromatic nitrogens is 1. The van der Waals surface area contributed by atoms with E-state index in [0.717, 1.165) is 41.3 Å². The van der Waals surface area contributed by atoms with Crippen LogP contribution in [0.5, 0.6) is 0 Å². The molecule has 3 aromatic rings. The second-order valence-corrected chi connectivity index (χ2v) is 8.01. The van der Waals surface area contributed by atoms with Gasteiger partial charge >= 0.3 is 0 Å². The summed E-state index contributed by atoms with van der Waals surface area (Å²) >= 11 is 3.45. The molecule has 1 amide bonds. The molecule has 0 atom stereocenters. The van der Waals surface area contributed by atoms with E-state index in [-0.39, 0.29) is 30.7 Å². The van der Waals surface area contributed by atoms with E-state index in [1.165, 1.54) is 11.1 Å². The Hall–Kier alpha value is -1.57. The zero-order chi connectivity index (χ0) is 19.9. The SMILES string of the molecule is CN(CCCc1ccc(CN)cc1)CCNC(=O)c1cc2cc(Br)ccc2[nH]1.Cl.Cl. The molecule has 3 rings (SSSR count). The fraction of sp³-hybridized carbons (Fsp3) is 0.318. The maximum atomic E-state index is 12.4. The first-order valence-electron chi connectivity index (χ1n) is 9.58. The van der Waals surface area contributed by atoms with Crippen LogP contribution in [-0.2, 0) is 13.0 Å². The lowest BCUT2D eigenvalue weighted by Gasteiger charge is -2.16. The van der Waals surface area contributed by atoms with E-state index < -0.39 is 0 Å². The molecule has 5 nitrogen and oxygen atoms in total. The molecule has 1 heterocycles. The molecule has 0 radical (unpaired) electrons. The zero-order valence-electron chi connectivity index (χ0n) is 17.0. The van der Waals surface area contributed by atoms with Gasteiger partial charge in [0.15, 0.2) is 0 Å². The van der Waals surface area contributed by atoms with Gasteiger partial charge in [0.25, 0.3) is 5.91 Å². The molecular formula is C22H29BrCl2N4O. The Morgan fingerprint density at radius 1 is 1.07 bits per heavy atom. The van der Waals surface area contributed by atoms with Gasteiger partial charge in [-0.05, 0) is 61.8 Å². The number of hydrogen-bond donors (Lipinski definition) is 3. The van der Waals surface area contributed by atoms with E-state index in [0.29, 0.717) is 18.8 Å². The van der Waals surface area contributed by atoms with Crippen LogP contribution in [0.15, 0.2) is 53.0 Å². The number of amides is 1. The van der Waals surface area contributed by atoms with Crippen molar-refractivity contribution < 1.29 is 4.79 Å². The fourth-order valence-electron chi connectivity index (χ4n) is 3.19. The molecule has 0 aliphatic heterocycles. The number of aryl methyl sites for hydroxylation is 1. The highest BCUT2D eigenvalue weighted by atomic mass is 79.9. The number of carbonyl (C=O) groups excluding carboxylic acids is 1. The number of nitrogens with one attached hydrogen (secondary N) is 2. The number of hydrogen-bond acceptors (Lipinski definition) is 3. The lowest BCUT2D eigenvalue weighted by Crippen LogP contribution is -2.33. The number of halogens is 3. The van der Waals surface area contributed by atoms with Gasteiger partial charge in [-0.1, -0.05) is 40.2 Å². The summed E-state index contributed by atoms with van der Waals surface area (Å²) in [5.41, 5.74) is 9.69. The molecule has 0 bridgehead atoms. The lowest BCUT2D eigenvalue weighted by molar-refractivity contribution is 0.0945. The molecule has 4 N–H and O–H groups in total. The number of carbonyl (C=O) groups is 1. The summed E-state index contributed by atoms with van der Waals surface area (Å²) in [6, 6.07) is 16.3. The molecule has 0 fully saturated rings. The van der Waals surface area contributed by atoms with Crippen LogP contribution in [0.25, 0.3) is 10.9 Å². The molecule has 0 saturated carbocycles. The van der Waals surface area contributed by atoms with Gasteiger partial charge in [-0.15, -0.1) is 24.8 Å². The highest BCUT2D eigenvalue weighted by Crippen LogP contribution is 2.20. The molecule has 2 aromatic carbocycles. The summed E-state index contributed by atoms with van der Waals surface area (Å²) in [5.74, 6) is -0.0688. The summed E-state index contributed by atoms with van der Waals surface area (Å²) in [7, 11) is 2.09. The molecule has 164 valence electrons. The van der Waals surface area contributed by atoms with Crippen molar-refractivity contribution in [3.05, 3.63) is 69.8 Å². The highest BCUT2D eigenvalue weighted by Gasteiger charge is 2.09. The van der Waals surface area contributed by atoms with E-state index in [2.05, 4.69) is 62.4 Å². The van der Waals surface area contributed by atoms with E-state index >= 15 is 0 Å². The maximum absolute atomic E-state index is 12.4. The predicted molar refractivity (Wildman–Crippen MR) is 133 cm³/mol. The van der Waals surface area contributed by atoms with Crippen molar-refractivity contribution in [2.45, 2.75) is 19.4 Å². The van der Waals surface area contributed by atoms with Crippen LogP contribution in [0.3, 0.4) is 0 Å². The van der Waals surface area contributed by atoms with Gasteiger partial charge in [0.1, 0.15) is 5.69 Å². The minimum absolute atomic E-state index is 0. The molecule has 1 aromatic heterocycles. The van der Waals surface area contributed by atoms with Crippen molar-refractivity contribution in [3.63, 3.8) is 0 Å². The topological polar surface area (TPSA) is 74.2 Å². The number of rotatable bonds is 9. The summed E-state index contributed by atoms with van der Waals surface area (Å²) in [4.78, 5) is 17.8. The van der Waals surface area contributed by atoms with Crippen molar-refractivity contribution in [1.29, 1.82) is 0 Å². The summed E-state index contributed by atoms with van der Waals surface area (Å²) in [6.07, 6.45) is 2.13. The Balaban J connectivity index is 0.00000225. The largest absolute Gasteiger partial charge is 0.351 e. The number of nitrogens with zero attached hydrogens (tertiary/aromatic N) is 1. The Morgan fingerprint density at radius 3 is 2.47 bits per heavy atom. The molecule has 0 saturated heterocycles. The molecule has 30 heavy (non-hydrogen) atoms. The van der Waals surface area contributed by atoms with Crippen LogP contribution in [0.1, 0.15) is 28.0 Å². The maximum Gasteiger partial charge on any atom is 0.267 e. The molecule has 8 heteroatoms. The van der Waals surface area contributed by atoms with Crippen molar-refractivity contribution in [1.82, 2.24) is 15.2 Å². The summed E-state index contributed by atoms with van der Waals surface area (Å²) < 4.78 is 1.00. The minimum Gasteiger partial charge on any atom is -0.351 e. The van der Waals surface area contributed by atoms with Crippen molar-refractivity contribution in [2.75, 3.05) is 26.7 Å². The normalized spacial score (nSPS) is 10.5. The third-order valence-corrected chi connectivity index (χ3v) is 5.36. The van der Waals surface area contributed by atoms with Gasteiger partial charge in [0, 0.05) is 35.0 Å². The number of benzene rings is 2. The average molecular weight is 516 g/mol. The third kappa shape index (κ3) is 7.60. The third-order valence-electron chi connectivity index (χ3n) is 4.87. The Bertz CT molecular complexity index is 931. The van der Waals surface area contributed by atoms with Gasteiger partial charge in [-0.2, -0.15) is 0 Å². The second-order valence-electron chi connectivity index (χ2n) is 7.10. The van der Waals surface area contributed by atoms with E-state index in [9.17, 15) is 4.79 Å². The van der Waals surface area contributed by atoms with Crippen molar-refractivity contribution in [2.24, 2.45) is 5.73 Å². The number of aromatic amines is 1. The van der Waals surface area contributed by atoms with E-state index in [4.69, 9.17) is 5.73 Å². The molecule has 0 aliphatic carbocycles. The van der Waals surface area contributed by atoms with Crippen LogP contribution in [-0.4, -0.2) is 42.5 Å². The number of H-pyrrole nitrogens is 1. The van der Waals surface area contributed by atoms with Crippen LogP contribution in [0, 0.1) is 0 Å². The lowest BCUT2D eigenvalue weighted by atomic mass is 10.1. The highest BCUT2D eigenvalue weighted by molar-refractivity contribution is 9.10. The number of nitrogens with two attached hydrogens (primary N) is 1. The van der Waals surface area contributed by atoms with E-state index in [1.807, 2.05) is 24.3 Å². The van der Waals surface area contributed by atoms with Crippen molar-refractivity contribution in [3.8, 4) is 0 Å². The molecule has 0 aliphatic rings. The monoisotopic (exact) mass is 514 g/mol. The van der Waals surface area contributed by atoms with Crippen LogP contribution < -0.4 is 11.1 Å². The van der Waals surface area contributed by atoms with Gasteiger partial charge in [-0.3, -0.25) is 4.79 Å². The predicted octanol–water partition coefficient (Wildman–Crippen LogP) is 4.53. The smallest absolute Gasteiger partial charge is 0.267 e. The quantitative estimate of drug-likeness (QED) is 0.392. The first kappa shape index (κ1) is 26.5. The zero-order valence-corrected chi connectivity index (χ0v) is 20.2. The van der Waals surface area contributed by atoms with Gasteiger partial charge in [0.2, 0.25) is 0 Å².